The number of carbonyl (C=O) groups excluding carboxylic acids is 1. The Bertz CT molecular complexity index is 1140. The fourth-order valence-corrected chi connectivity index (χ4v) is 7.59. The van der Waals surface area contributed by atoms with Crippen molar-refractivity contribution in [3.63, 3.8) is 0 Å². The quantitative estimate of drug-likeness (QED) is 0.209. The average Bonchev–Trinajstić information content (AvgIpc) is 2.86. The van der Waals surface area contributed by atoms with E-state index in [4.69, 9.17) is 8.85 Å². The first-order valence-electron chi connectivity index (χ1n) is 16.3. The molecule has 1 aliphatic carbocycles. The van der Waals surface area contributed by atoms with Gasteiger partial charge in [0.2, 0.25) is 15.9 Å². The lowest BCUT2D eigenvalue weighted by Crippen LogP contribution is -2.46. The van der Waals surface area contributed by atoms with Crippen LogP contribution in [0.2, 0.25) is 36.3 Å². The maximum absolute atomic E-state index is 13.1. The Hall–Kier alpha value is -1.25. The summed E-state index contributed by atoms with van der Waals surface area (Å²) >= 11 is 0. The van der Waals surface area contributed by atoms with Gasteiger partial charge in [0.05, 0.1) is 18.0 Å². The summed E-state index contributed by atoms with van der Waals surface area (Å²) in [6.07, 6.45) is 2.65. The number of rotatable bonds is 13. The van der Waals surface area contributed by atoms with Crippen LogP contribution in [0.4, 0.5) is 11.4 Å². The highest BCUT2D eigenvalue weighted by atomic mass is 32.2. The number of sulfonamides is 1. The molecular weight excluding hydrogens is 607 g/mol. The van der Waals surface area contributed by atoms with Gasteiger partial charge in [0, 0.05) is 36.4 Å². The van der Waals surface area contributed by atoms with Gasteiger partial charge in [0.1, 0.15) is 0 Å². The Balaban J connectivity index is 2.03. The molecule has 1 aliphatic rings. The summed E-state index contributed by atoms with van der Waals surface area (Å²) in [5.74, 6) is -0.126. The van der Waals surface area contributed by atoms with Crippen molar-refractivity contribution in [3.8, 4) is 0 Å². The first-order valence-corrected chi connectivity index (χ1v) is 23.6. The van der Waals surface area contributed by atoms with E-state index >= 15 is 0 Å². The van der Waals surface area contributed by atoms with E-state index in [0.717, 1.165) is 24.5 Å². The maximum Gasteiger partial charge on any atom is 0.227 e. The molecule has 0 spiro atoms. The summed E-state index contributed by atoms with van der Waals surface area (Å²) in [5, 5.41) is 3.40. The van der Waals surface area contributed by atoms with Crippen molar-refractivity contribution in [1.29, 1.82) is 0 Å². The SMILES string of the molecule is CC(C)(C)[Si](C)(C)OCCN(CCO[Si](C)(C)C(C)(C)C)c1ccc(NC(=O)[C@H]2CC[C@H](NS(=O)(=O)C(C)(C)C)CC2)cc1. The highest BCUT2D eigenvalue weighted by molar-refractivity contribution is 7.90. The zero-order chi connectivity index (χ0) is 33.8. The second-order valence-electron chi connectivity index (χ2n) is 16.5. The lowest BCUT2D eigenvalue weighted by Gasteiger charge is -2.38. The third-order valence-electron chi connectivity index (χ3n) is 9.99. The second-order valence-corrected chi connectivity index (χ2v) is 28.6. The summed E-state index contributed by atoms with van der Waals surface area (Å²) in [5.41, 5.74) is 1.84. The van der Waals surface area contributed by atoms with Gasteiger partial charge in [-0.2, -0.15) is 0 Å². The van der Waals surface area contributed by atoms with Gasteiger partial charge < -0.3 is 19.1 Å². The number of anilines is 2. The smallest absolute Gasteiger partial charge is 0.227 e. The summed E-state index contributed by atoms with van der Waals surface area (Å²) in [6, 6.07) is 7.94. The molecule has 0 saturated heterocycles. The van der Waals surface area contributed by atoms with Gasteiger partial charge >= 0.3 is 0 Å². The van der Waals surface area contributed by atoms with Gasteiger partial charge in [0.15, 0.2) is 16.6 Å². The predicted molar refractivity (Wildman–Crippen MR) is 191 cm³/mol. The molecule has 1 saturated carbocycles. The number of benzene rings is 1. The van der Waals surface area contributed by atoms with E-state index in [9.17, 15) is 13.2 Å². The van der Waals surface area contributed by atoms with Crippen LogP contribution in [0.5, 0.6) is 0 Å². The second kappa shape index (κ2) is 14.7. The third-order valence-corrected chi connectivity index (χ3v) is 21.3. The normalized spacial score (nSPS) is 19.1. The monoisotopic (exact) mass is 669 g/mol. The van der Waals surface area contributed by atoms with E-state index < -0.39 is 31.4 Å². The van der Waals surface area contributed by atoms with Crippen LogP contribution in [0.3, 0.4) is 0 Å². The van der Waals surface area contributed by atoms with Crippen molar-refractivity contribution in [1.82, 2.24) is 4.72 Å². The first kappa shape index (κ1) is 38.9. The minimum Gasteiger partial charge on any atom is -0.415 e. The Morgan fingerprint density at radius 1 is 0.795 bits per heavy atom. The molecule has 0 bridgehead atoms. The van der Waals surface area contributed by atoms with Crippen LogP contribution in [0, 0.1) is 5.92 Å². The molecule has 0 radical (unpaired) electrons. The molecule has 8 nitrogen and oxygen atoms in total. The van der Waals surface area contributed by atoms with E-state index in [1.165, 1.54) is 0 Å². The van der Waals surface area contributed by atoms with E-state index in [1.54, 1.807) is 20.8 Å². The molecule has 1 amide bonds. The fourth-order valence-electron chi connectivity index (χ4n) is 4.49. The molecule has 0 unspecified atom stereocenters. The van der Waals surface area contributed by atoms with Gasteiger partial charge in [-0.05, 0) is 107 Å². The molecule has 0 atom stereocenters. The van der Waals surface area contributed by atoms with Gasteiger partial charge in [-0.15, -0.1) is 0 Å². The average molecular weight is 670 g/mol. The number of nitrogens with zero attached hydrogens (tertiary/aromatic N) is 1. The molecule has 2 N–H and O–H groups in total. The van der Waals surface area contributed by atoms with E-state index in [1.807, 2.05) is 12.1 Å². The summed E-state index contributed by atoms with van der Waals surface area (Å²) in [4.78, 5) is 15.4. The van der Waals surface area contributed by atoms with Gasteiger partial charge in [-0.3, -0.25) is 4.79 Å². The van der Waals surface area contributed by atoms with E-state index in [0.29, 0.717) is 38.9 Å². The Labute approximate surface area is 271 Å². The zero-order valence-electron chi connectivity index (χ0n) is 30.0. The zero-order valence-corrected chi connectivity index (χ0v) is 32.8. The van der Waals surface area contributed by atoms with Crippen LogP contribution >= 0.6 is 0 Å². The van der Waals surface area contributed by atoms with Crippen LogP contribution in [-0.4, -0.2) is 68.1 Å². The number of nitrogens with one attached hydrogen (secondary N) is 2. The molecule has 0 aromatic heterocycles. The molecule has 1 aromatic rings. The van der Waals surface area contributed by atoms with Crippen LogP contribution in [0.1, 0.15) is 88.0 Å². The van der Waals surface area contributed by atoms with Crippen molar-refractivity contribution in [2.45, 2.75) is 135 Å². The Kier molecular flexibility index (Phi) is 13.0. The molecule has 44 heavy (non-hydrogen) atoms. The summed E-state index contributed by atoms with van der Waals surface area (Å²) < 4.78 is 40.1. The molecular formula is C33H63N3O5SSi2. The van der Waals surface area contributed by atoms with E-state index in [2.05, 4.69) is 94.8 Å². The first-order chi connectivity index (χ1) is 19.9. The Morgan fingerprint density at radius 3 is 1.61 bits per heavy atom. The Morgan fingerprint density at radius 2 is 1.23 bits per heavy atom. The summed E-state index contributed by atoms with van der Waals surface area (Å²) in [6.45, 7) is 30.6. The van der Waals surface area contributed by atoms with Crippen LogP contribution in [0.25, 0.3) is 0 Å². The van der Waals surface area contributed by atoms with Crippen molar-refractivity contribution in [2.75, 3.05) is 36.5 Å². The molecule has 1 aromatic carbocycles. The maximum atomic E-state index is 13.1. The lowest BCUT2D eigenvalue weighted by atomic mass is 9.86. The molecule has 1 fully saturated rings. The van der Waals surface area contributed by atoms with E-state index in [-0.39, 0.29) is 27.9 Å². The largest absolute Gasteiger partial charge is 0.415 e. The van der Waals surface area contributed by atoms with Crippen molar-refractivity contribution < 1.29 is 22.1 Å². The standard InChI is InChI=1S/C33H63N3O5SSi2/c1-31(2,3)42(38,39)35-28-16-14-26(15-17-28)30(37)34-27-18-20-29(21-19-27)36(22-24-40-43(10,11)32(4,5)6)23-25-41-44(12,13)33(7,8)9/h18-21,26,28,35H,14-17,22-25H2,1-13H3,(H,34,37)/t26-,28-. The molecule has 0 aliphatic heterocycles. The number of hydrogen-bond donors (Lipinski definition) is 2. The third kappa shape index (κ3) is 10.9. The van der Waals surface area contributed by atoms with Gasteiger partial charge in [0.25, 0.3) is 0 Å². The fraction of sp³-hybridized carbons (Fsp3) is 0.788. The highest BCUT2D eigenvalue weighted by Gasteiger charge is 2.38. The topological polar surface area (TPSA) is 97.0 Å². The van der Waals surface area contributed by atoms with Crippen LogP contribution in [0.15, 0.2) is 24.3 Å². The van der Waals surface area contributed by atoms with Crippen molar-refractivity contribution in [2.24, 2.45) is 5.92 Å². The molecule has 11 heteroatoms. The number of carbonyl (C=O) groups is 1. The van der Waals surface area contributed by atoms with Crippen molar-refractivity contribution in [3.05, 3.63) is 24.3 Å². The molecule has 0 heterocycles. The number of hydrogen-bond acceptors (Lipinski definition) is 6. The van der Waals surface area contributed by atoms with Crippen molar-refractivity contribution >= 4 is 43.9 Å². The van der Waals surface area contributed by atoms with Crippen LogP contribution in [-0.2, 0) is 23.7 Å². The predicted octanol–water partition coefficient (Wildman–Crippen LogP) is 7.75. The summed E-state index contributed by atoms with van der Waals surface area (Å²) in [7, 11) is -7.12. The van der Waals surface area contributed by atoms with Gasteiger partial charge in [-0.25, -0.2) is 13.1 Å². The van der Waals surface area contributed by atoms with Crippen LogP contribution < -0.4 is 14.9 Å². The minimum atomic E-state index is -3.40. The lowest BCUT2D eigenvalue weighted by molar-refractivity contribution is -0.120. The molecule has 254 valence electrons. The van der Waals surface area contributed by atoms with Gasteiger partial charge in [-0.1, -0.05) is 41.5 Å². The molecule has 2 rings (SSSR count). The minimum absolute atomic E-state index is 0.00252. The highest BCUT2D eigenvalue weighted by Crippen LogP contribution is 2.37. The number of amides is 1.